The van der Waals surface area contributed by atoms with Crippen LogP contribution in [-0.2, 0) is 9.53 Å². The largest absolute Gasteiger partial charge is 0.464 e. The molecular weight excluding hydrogens is 190 g/mol. The maximum absolute atomic E-state index is 11.1. The molecule has 1 aromatic heterocycles. The highest BCUT2D eigenvalue weighted by molar-refractivity contribution is 7.04. The van der Waals surface area contributed by atoms with E-state index in [9.17, 15) is 9.59 Å². The maximum Gasteiger partial charge on any atom is 0.358 e. The maximum atomic E-state index is 11.1. The number of carbonyl (C=O) groups is 2. The summed E-state index contributed by atoms with van der Waals surface area (Å²) in [6.07, 6.45) is 3.46. The summed E-state index contributed by atoms with van der Waals surface area (Å²) in [4.78, 5) is 21.1. The highest BCUT2D eigenvalue weighted by atomic mass is 32.1. The molecule has 13 heavy (non-hydrogen) atoms. The standard InChI is InChI=1S/C8H7NO3S/c1-12-8(11)7-6(3-2-4-10)5-13-9-7/h2-5H,1H3/b3-2+. The molecule has 0 spiro atoms. The van der Waals surface area contributed by atoms with Crippen LogP contribution in [0.15, 0.2) is 11.5 Å². The molecule has 0 aliphatic rings. The first-order valence-corrected chi connectivity index (χ1v) is 4.27. The number of allylic oxidation sites excluding steroid dienone is 1. The van der Waals surface area contributed by atoms with E-state index in [2.05, 4.69) is 9.11 Å². The molecular formula is C8H7NO3S. The van der Waals surface area contributed by atoms with E-state index < -0.39 is 5.97 Å². The number of carbonyl (C=O) groups excluding carboxylic acids is 2. The molecule has 1 rings (SSSR count). The summed E-state index contributed by atoms with van der Waals surface area (Å²) in [7, 11) is 1.29. The van der Waals surface area contributed by atoms with Crippen LogP contribution in [0.25, 0.3) is 6.08 Å². The summed E-state index contributed by atoms with van der Waals surface area (Å²) in [5.41, 5.74) is 0.842. The second-order valence-corrected chi connectivity index (χ2v) is 2.73. The third-order valence-electron chi connectivity index (χ3n) is 1.33. The van der Waals surface area contributed by atoms with Gasteiger partial charge in [-0.3, -0.25) is 4.79 Å². The van der Waals surface area contributed by atoms with Crippen molar-refractivity contribution in [2.24, 2.45) is 0 Å². The van der Waals surface area contributed by atoms with Crippen molar-refractivity contribution in [1.29, 1.82) is 0 Å². The van der Waals surface area contributed by atoms with E-state index in [0.717, 1.165) is 11.5 Å². The minimum absolute atomic E-state index is 0.241. The Morgan fingerprint density at radius 1 is 1.69 bits per heavy atom. The van der Waals surface area contributed by atoms with Gasteiger partial charge < -0.3 is 4.74 Å². The molecule has 0 fully saturated rings. The Bertz CT molecular complexity index is 343. The molecule has 0 aromatic carbocycles. The molecule has 68 valence electrons. The number of hydrogen-bond acceptors (Lipinski definition) is 5. The second kappa shape index (κ2) is 4.51. The molecule has 0 radical (unpaired) electrons. The van der Waals surface area contributed by atoms with Gasteiger partial charge in [0, 0.05) is 10.9 Å². The van der Waals surface area contributed by atoms with Crippen LogP contribution in [0.2, 0.25) is 0 Å². The van der Waals surface area contributed by atoms with Crippen molar-refractivity contribution in [3.8, 4) is 0 Å². The molecule has 5 heteroatoms. The molecule has 0 amide bonds. The van der Waals surface area contributed by atoms with Crippen LogP contribution in [0.4, 0.5) is 0 Å². The fourth-order valence-electron chi connectivity index (χ4n) is 0.757. The van der Waals surface area contributed by atoms with Crippen LogP contribution in [0.5, 0.6) is 0 Å². The summed E-state index contributed by atoms with van der Waals surface area (Å²) in [6, 6.07) is 0. The van der Waals surface area contributed by atoms with Gasteiger partial charge >= 0.3 is 5.97 Å². The highest BCUT2D eigenvalue weighted by Gasteiger charge is 2.12. The molecule has 4 nitrogen and oxygen atoms in total. The van der Waals surface area contributed by atoms with Gasteiger partial charge in [-0.15, -0.1) is 0 Å². The number of methoxy groups -OCH3 is 1. The smallest absolute Gasteiger partial charge is 0.358 e. The lowest BCUT2D eigenvalue weighted by Gasteiger charge is -1.94. The monoisotopic (exact) mass is 197 g/mol. The van der Waals surface area contributed by atoms with Gasteiger partial charge in [0.05, 0.1) is 7.11 Å². The average molecular weight is 197 g/mol. The predicted octanol–water partition coefficient (Wildman–Crippen LogP) is 1.14. The van der Waals surface area contributed by atoms with Crippen molar-refractivity contribution in [1.82, 2.24) is 4.37 Å². The van der Waals surface area contributed by atoms with E-state index in [1.165, 1.54) is 19.3 Å². The first kappa shape index (κ1) is 9.60. The zero-order valence-electron chi connectivity index (χ0n) is 6.89. The molecule has 0 aliphatic carbocycles. The quantitative estimate of drug-likeness (QED) is 0.414. The lowest BCUT2D eigenvalue weighted by atomic mass is 10.2. The molecule has 0 saturated heterocycles. The Labute approximate surface area is 79.0 Å². The van der Waals surface area contributed by atoms with Crippen LogP contribution >= 0.6 is 11.5 Å². The summed E-state index contributed by atoms with van der Waals surface area (Å²) in [5, 5.41) is 1.67. The lowest BCUT2D eigenvalue weighted by molar-refractivity contribution is -0.104. The number of hydrogen-bond donors (Lipinski definition) is 0. The Morgan fingerprint density at radius 2 is 2.46 bits per heavy atom. The van der Waals surface area contributed by atoms with Crippen LogP contribution in [0, 0.1) is 0 Å². The summed E-state index contributed by atoms with van der Waals surface area (Å²) >= 11 is 1.14. The molecule has 0 aliphatic heterocycles. The van der Waals surface area contributed by atoms with E-state index in [-0.39, 0.29) is 5.69 Å². The number of aromatic nitrogens is 1. The zero-order chi connectivity index (χ0) is 9.68. The first-order chi connectivity index (χ1) is 6.29. The lowest BCUT2D eigenvalue weighted by Crippen LogP contribution is -2.02. The van der Waals surface area contributed by atoms with Gasteiger partial charge in [0.25, 0.3) is 0 Å². The molecule has 1 aromatic rings. The SMILES string of the molecule is COC(=O)c1nscc1/C=C/C=O. The van der Waals surface area contributed by atoms with Crippen molar-refractivity contribution < 1.29 is 14.3 Å². The molecule has 0 atom stereocenters. The minimum Gasteiger partial charge on any atom is -0.464 e. The Morgan fingerprint density at radius 3 is 3.08 bits per heavy atom. The third kappa shape index (κ3) is 2.22. The average Bonchev–Trinajstić information content (AvgIpc) is 2.61. The summed E-state index contributed by atoms with van der Waals surface area (Å²) < 4.78 is 8.34. The summed E-state index contributed by atoms with van der Waals surface area (Å²) in [5.74, 6) is -0.494. The van der Waals surface area contributed by atoms with E-state index in [1.807, 2.05) is 0 Å². The van der Waals surface area contributed by atoms with Crippen LogP contribution in [0.3, 0.4) is 0 Å². The molecule has 1 heterocycles. The first-order valence-electron chi connectivity index (χ1n) is 3.44. The van der Waals surface area contributed by atoms with Crippen molar-refractivity contribution in [3.63, 3.8) is 0 Å². The minimum atomic E-state index is -0.494. The van der Waals surface area contributed by atoms with Crippen LogP contribution < -0.4 is 0 Å². The fraction of sp³-hybridized carbons (Fsp3) is 0.125. The van der Waals surface area contributed by atoms with Crippen LogP contribution in [0.1, 0.15) is 16.1 Å². The molecule has 0 N–H and O–H groups in total. The van der Waals surface area contributed by atoms with E-state index >= 15 is 0 Å². The normalized spacial score (nSPS) is 10.2. The number of nitrogens with zero attached hydrogens (tertiary/aromatic N) is 1. The van der Waals surface area contributed by atoms with E-state index in [1.54, 1.807) is 5.38 Å². The zero-order valence-corrected chi connectivity index (χ0v) is 7.71. The van der Waals surface area contributed by atoms with Gasteiger partial charge in [-0.25, -0.2) is 4.79 Å². The highest BCUT2D eigenvalue weighted by Crippen LogP contribution is 2.13. The van der Waals surface area contributed by atoms with Gasteiger partial charge in [-0.2, -0.15) is 4.37 Å². The van der Waals surface area contributed by atoms with Gasteiger partial charge in [0.2, 0.25) is 0 Å². The van der Waals surface area contributed by atoms with Crippen LogP contribution in [-0.4, -0.2) is 23.7 Å². The Hall–Kier alpha value is -1.49. The van der Waals surface area contributed by atoms with Gasteiger partial charge in [-0.1, -0.05) is 0 Å². The van der Waals surface area contributed by atoms with Gasteiger partial charge in [0.15, 0.2) is 5.69 Å². The third-order valence-corrected chi connectivity index (χ3v) is 1.98. The number of rotatable bonds is 3. The van der Waals surface area contributed by atoms with Crippen molar-refractivity contribution >= 4 is 29.9 Å². The van der Waals surface area contributed by atoms with E-state index in [4.69, 9.17) is 0 Å². The molecule has 0 bridgehead atoms. The predicted molar refractivity (Wildman–Crippen MR) is 48.6 cm³/mol. The van der Waals surface area contributed by atoms with Gasteiger partial charge in [-0.05, 0) is 23.7 Å². The second-order valence-electron chi connectivity index (χ2n) is 2.11. The Balaban J connectivity index is 2.95. The fourth-order valence-corrected chi connectivity index (χ4v) is 1.40. The van der Waals surface area contributed by atoms with E-state index in [0.29, 0.717) is 11.8 Å². The number of esters is 1. The van der Waals surface area contributed by atoms with Crippen molar-refractivity contribution in [3.05, 3.63) is 22.7 Å². The van der Waals surface area contributed by atoms with Gasteiger partial charge in [0.1, 0.15) is 6.29 Å². The summed E-state index contributed by atoms with van der Waals surface area (Å²) in [6.45, 7) is 0. The molecule has 0 saturated carbocycles. The number of ether oxygens (including phenoxy) is 1. The Kier molecular flexibility index (Phi) is 3.33. The number of aldehydes is 1. The molecule has 0 unspecified atom stereocenters. The topological polar surface area (TPSA) is 56.3 Å². The van der Waals surface area contributed by atoms with Crippen molar-refractivity contribution in [2.75, 3.05) is 7.11 Å². The van der Waals surface area contributed by atoms with Crippen molar-refractivity contribution in [2.45, 2.75) is 0 Å².